The van der Waals surface area contributed by atoms with Crippen LogP contribution < -0.4 is 20.9 Å². The Bertz CT molecular complexity index is 658. The molecule has 1 aromatic rings. The summed E-state index contributed by atoms with van der Waals surface area (Å²) in [6.45, 7) is 3.64. The minimum absolute atomic E-state index is 0.0225. The third-order valence-electron chi connectivity index (χ3n) is 4.41. The highest BCUT2D eigenvalue weighted by atomic mass is 16.4. The number of anilines is 3. The fourth-order valence-electron chi connectivity index (χ4n) is 2.82. The fourth-order valence-corrected chi connectivity index (χ4v) is 2.82. The van der Waals surface area contributed by atoms with Gasteiger partial charge >= 0.3 is 6.09 Å². The molecule has 1 aromatic heterocycles. The van der Waals surface area contributed by atoms with Crippen molar-refractivity contribution in [1.82, 2.24) is 15.3 Å². The van der Waals surface area contributed by atoms with Gasteiger partial charge in [0.15, 0.2) is 5.82 Å². The van der Waals surface area contributed by atoms with Gasteiger partial charge in [0.05, 0.1) is 5.69 Å². The maximum absolute atomic E-state index is 11.9. The zero-order chi connectivity index (χ0) is 16.7. The number of hydrogen-bond acceptors (Lipinski definition) is 6. The summed E-state index contributed by atoms with van der Waals surface area (Å²) in [6, 6.07) is -0.173. The van der Waals surface area contributed by atoms with Crippen LogP contribution in [0.15, 0.2) is 0 Å². The van der Waals surface area contributed by atoms with Crippen LogP contribution in [0.4, 0.5) is 22.2 Å². The highest BCUT2D eigenvalue weighted by molar-refractivity contribution is 6.03. The Morgan fingerprint density at radius 2 is 2.04 bits per heavy atom. The summed E-state index contributed by atoms with van der Waals surface area (Å²) in [5.74, 6) is 1.11. The lowest BCUT2D eigenvalue weighted by Gasteiger charge is -2.36. The van der Waals surface area contributed by atoms with Crippen LogP contribution in [-0.2, 0) is 4.79 Å². The van der Waals surface area contributed by atoms with E-state index < -0.39 is 6.09 Å². The molecule has 9 heteroatoms. The number of aryl methyl sites for hydroxylation is 1. The Morgan fingerprint density at radius 1 is 1.35 bits per heavy atom. The zero-order valence-corrected chi connectivity index (χ0v) is 13.3. The van der Waals surface area contributed by atoms with Gasteiger partial charge in [0.25, 0.3) is 0 Å². The van der Waals surface area contributed by atoms with E-state index in [0.717, 1.165) is 0 Å². The molecule has 1 atom stereocenters. The van der Waals surface area contributed by atoms with Gasteiger partial charge in [-0.1, -0.05) is 0 Å². The average Bonchev–Trinajstić information content (AvgIpc) is 2.44. The monoisotopic (exact) mass is 320 g/mol. The number of rotatable bonds is 3. The summed E-state index contributed by atoms with van der Waals surface area (Å²) in [5.41, 5.74) is 1.34. The van der Waals surface area contributed by atoms with Crippen molar-refractivity contribution in [3.8, 4) is 0 Å². The second kappa shape index (κ2) is 5.56. The molecule has 0 aromatic carbocycles. The second-order valence-corrected chi connectivity index (χ2v) is 6.07. The third kappa shape index (κ3) is 2.86. The Balaban J connectivity index is 1.72. The van der Waals surface area contributed by atoms with Crippen molar-refractivity contribution in [1.29, 1.82) is 0 Å². The zero-order valence-electron chi connectivity index (χ0n) is 13.3. The van der Waals surface area contributed by atoms with Gasteiger partial charge < -0.3 is 26.0 Å². The van der Waals surface area contributed by atoms with Crippen LogP contribution in [-0.4, -0.2) is 52.2 Å². The van der Waals surface area contributed by atoms with Crippen molar-refractivity contribution in [3.05, 3.63) is 5.69 Å². The number of fused-ring (bicyclic) bond motifs is 1. The average molecular weight is 320 g/mol. The molecule has 2 amide bonds. The van der Waals surface area contributed by atoms with Crippen molar-refractivity contribution in [2.75, 3.05) is 22.6 Å². The number of carbonyl (C=O) groups is 2. The summed E-state index contributed by atoms with van der Waals surface area (Å²) < 4.78 is 0. The normalized spacial score (nSPS) is 26.0. The van der Waals surface area contributed by atoms with Gasteiger partial charge in [0.1, 0.15) is 11.7 Å². The van der Waals surface area contributed by atoms with Crippen LogP contribution in [0.5, 0.6) is 0 Å². The minimum atomic E-state index is -0.999. The first-order valence-electron chi connectivity index (χ1n) is 7.53. The predicted molar refractivity (Wildman–Crippen MR) is 84.9 cm³/mol. The molecular formula is C14H20N6O3. The van der Waals surface area contributed by atoms with Crippen molar-refractivity contribution in [3.63, 3.8) is 0 Å². The lowest BCUT2D eigenvalue weighted by Crippen LogP contribution is -2.49. The highest BCUT2D eigenvalue weighted by Crippen LogP contribution is 2.33. The number of aromatic nitrogens is 2. The molecule has 0 saturated heterocycles. The summed E-state index contributed by atoms with van der Waals surface area (Å²) in [7, 11) is 1.83. The van der Waals surface area contributed by atoms with E-state index in [1.54, 1.807) is 0 Å². The van der Waals surface area contributed by atoms with Crippen LogP contribution in [0.2, 0.25) is 0 Å². The van der Waals surface area contributed by atoms with E-state index in [0.29, 0.717) is 36.0 Å². The number of hydrogen-bond donors (Lipinski definition) is 4. The minimum Gasteiger partial charge on any atom is -0.465 e. The van der Waals surface area contributed by atoms with E-state index in [4.69, 9.17) is 5.11 Å². The molecule has 9 nitrogen and oxygen atoms in total. The van der Waals surface area contributed by atoms with Gasteiger partial charge in [-0.3, -0.25) is 4.79 Å². The van der Waals surface area contributed by atoms with Crippen molar-refractivity contribution in [2.24, 2.45) is 0 Å². The van der Waals surface area contributed by atoms with E-state index in [2.05, 4.69) is 25.9 Å². The Morgan fingerprint density at radius 3 is 2.70 bits per heavy atom. The first-order valence-corrected chi connectivity index (χ1v) is 7.53. The van der Waals surface area contributed by atoms with E-state index in [1.165, 1.54) is 0 Å². The SMILES string of the molecule is Cc1nc(NC2CC(NC(=O)O)C2)nc2c1NC(=O)[C@H](C)N2C. The molecule has 0 radical (unpaired) electrons. The number of likely N-dealkylation sites (N-methyl/N-ethyl adjacent to an activating group) is 1. The van der Waals surface area contributed by atoms with Crippen LogP contribution in [0.1, 0.15) is 25.5 Å². The van der Waals surface area contributed by atoms with E-state index in [-0.39, 0.29) is 24.0 Å². The molecule has 2 aliphatic rings. The number of amides is 2. The van der Waals surface area contributed by atoms with Gasteiger partial charge in [-0.25, -0.2) is 9.78 Å². The standard InChI is InChI=1S/C14H20N6O3/c1-6-10-11(20(3)7(2)12(21)18-10)19-13(15-6)16-8-4-9(5-8)17-14(22)23/h7-9,17H,4-5H2,1-3H3,(H,18,21)(H,22,23)(H,15,16,19)/t7-,8?,9?/m0/s1. The third-order valence-corrected chi connectivity index (χ3v) is 4.41. The Labute approximate surface area is 133 Å². The quantitative estimate of drug-likeness (QED) is 0.649. The molecule has 0 spiro atoms. The van der Waals surface area contributed by atoms with Crippen LogP contribution in [0, 0.1) is 6.92 Å². The molecule has 2 heterocycles. The molecule has 1 aliphatic carbocycles. The maximum Gasteiger partial charge on any atom is 0.404 e. The highest BCUT2D eigenvalue weighted by Gasteiger charge is 2.33. The maximum atomic E-state index is 11.9. The summed E-state index contributed by atoms with van der Waals surface area (Å²) in [5, 5.41) is 17.2. The van der Waals surface area contributed by atoms with Crippen LogP contribution in [0.3, 0.4) is 0 Å². The summed E-state index contributed by atoms with van der Waals surface area (Å²) >= 11 is 0. The largest absolute Gasteiger partial charge is 0.465 e. The molecule has 1 saturated carbocycles. The molecule has 3 rings (SSSR count). The molecule has 23 heavy (non-hydrogen) atoms. The molecule has 0 bridgehead atoms. The first-order chi connectivity index (χ1) is 10.8. The molecule has 124 valence electrons. The number of carboxylic acid groups (broad SMARTS) is 1. The van der Waals surface area contributed by atoms with Crippen molar-refractivity contribution < 1.29 is 14.7 Å². The molecule has 1 aliphatic heterocycles. The van der Waals surface area contributed by atoms with Gasteiger partial charge in [-0.15, -0.1) is 0 Å². The molecule has 4 N–H and O–H groups in total. The lowest BCUT2D eigenvalue weighted by molar-refractivity contribution is -0.117. The van der Waals surface area contributed by atoms with Crippen molar-refractivity contribution in [2.45, 2.75) is 44.8 Å². The lowest BCUT2D eigenvalue weighted by atomic mass is 9.87. The van der Waals surface area contributed by atoms with E-state index in [1.807, 2.05) is 25.8 Å². The molecular weight excluding hydrogens is 300 g/mol. The summed E-state index contributed by atoms with van der Waals surface area (Å²) in [6.07, 6.45) is 0.407. The first kappa shape index (κ1) is 15.3. The molecule has 1 fully saturated rings. The van der Waals surface area contributed by atoms with Gasteiger partial charge in [0.2, 0.25) is 11.9 Å². The van der Waals surface area contributed by atoms with E-state index >= 15 is 0 Å². The van der Waals surface area contributed by atoms with Crippen LogP contribution >= 0.6 is 0 Å². The van der Waals surface area contributed by atoms with Gasteiger partial charge in [0, 0.05) is 19.1 Å². The van der Waals surface area contributed by atoms with Gasteiger partial charge in [-0.2, -0.15) is 4.98 Å². The predicted octanol–water partition coefficient (Wildman–Crippen LogP) is 0.772. The van der Waals surface area contributed by atoms with Crippen LogP contribution in [0.25, 0.3) is 0 Å². The number of carbonyl (C=O) groups excluding carboxylic acids is 1. The smallest absolute Gasteiger partial charge is 0.404 e. The summed E-state index contributed by atoms with van der Waals surface area (Å²) in [4.78, 5) is 33.2. The number of nitrogens with one attached hydrogen (secondary N) is 3. The van der Waals surface area contributed by atoms with Crippen molar-refractivity contribution >= 4 is 29.5 Å². The van der Waals surface area contributed by atoms with E-state index in [9.17, 15) is 9.59 Å². The fraction of sp³-hybridized carbons (Fsp3) is 0.571. The second-order valence-electron chi connectivity index (χ2n) is 6.07. The Hall–Kier alpha value is -2.58. The van der Waals surface area contributed by atoms with Gasteiger partial charge in [-0.05, 0) is 26.7 Å². The topological polar surface area (TPSA) is 119 Å². The Kier molecular flexibility index (Phi) is 3.70. The number of nitrogens with zero attached hydrogens (tertiary/aromatic N) is 3. The molecule has 0 unspecified atom stereocenters.